The molecule has 1 atom stereocenters. The van der Waals surface area contributed by atoms with Crippen LogP contribution in [-0.4, -0.2) is 31.1 Å². The summed E-state index contributed by atoms with van der Waals surface area (Å²) in [7, 11) is 0. The second-order valence-corrected chi connectivity index (χ2v) is 6.33. The van der Waals surface area contributed by atoms with Crippen LogP contribution in [0.4, 0.5) is 4.39 Å². The summed E-state index contributed by atoms with van der Waals surface area (Å²) in [5.74, 6) is -0.179. The highest BCUT2D eigenvalue weighted by Gasteiger charge is 2.22. The number of halogens is 4. The Kier molecular flexibility index (Phi) is 11.7. The predicted molar refractivity (Wildman–Crippen MR) is 99.9 cm³/mol. The van der Waals surface area contributed by atoms with E-state index < -0.39 is 0 Å². The van der Waals surface area contributed by atoms with Crippen LogP contribution >= 0.6 is 40.7 Å². The number of benzene rings is 1. The molecule has 0 aliphatic carbocycles. The summed E-state index contributed by atoms with van der Waals surface area (Å²) in [4.78, 5) is 2.53. The maximum atomic E-state index is 13.4. The summed E-state index contributed by atoms with van der Waals surface area (Å²) in [5, 5.41) is 3.40. The van der Waals surface area contributed by atoms with Crippen LogP contribution < -0.4 is 5.32 Å². The molecule has 1 saturated heterocycles. The maximum Gasteiger partial charge on any atom is 0.137 e. The largest absolute Gasteiger partial charge is 0.314 e. The van der Waals surface area contributed by atoms with Gasteiger partial charge in [-0.2, -0.15) is 0 Å². The van der Waals surface area contributed by atoms with Gasteiger partial charge in [-0.15, -0.1) is 24.8 Å². The molecule has 1 aromatic rings. The van der Waals surface area contributed by atoms with Crippen LogP contribution in [0.1, 0.15) is 44.2 Å². The van der Waals surface area contributed by atoms with Gasteiger partial charge in [0.25, 0.3) is 0 Å². The molecule has 1 aliphatic heterocycles. The molecule has 0 bridgehead atoms. The number of nitrogens with one attached hydrogen (secondary N) is 1. The second kappa shape index (κ2) is 11.6. The van der Waals surface area contributed by atoms with Gasteiger partial charge in [0.1, 0.15) is 5.82 Å². The smallest absolute Gasteiger partial charge is 0.137 e. The number of piperazine rings is 1. The van der Waals surface area contributed by atoms with E-state index in [4.69, 9.17) is 0 Å². The van der Waals surface area contributed by atoms with Crippen molar-refractivity contribution in [2.75, 3.05) is 26.2 Å². The van der Waals surface area contributed by atoms with Crippen molar-refractivity contribution < 1.29 is 4.39 Å². The molecule has 0 saturated carbocycles. The van der Waals surface area contributed by atoms with E-state index in [-0.39, 0.29) is 30.6 Å². The second-order valence-electron chi connectivity index (χ2n) is 5.47. The zero-order chi connectivity index (χ0) is 14.4. The molecule has 0 radical (unpaired) electrons. The van der Waals surface area contributed by atoms with Crippen LogP contribution in [0.15, 0.2) is 22.7 Å². The molecule has 2 rings (SSSR count). The van der Waals surface area contributed by atoms with Crippen molar-refractivity contribution in [2.24, 2.45) is 0 Å². The van der Waals surface area contributed by atoms with Crippen LogP contribution in [0, 0.1) is 5.82 Å². The SMILES string of the molecule is CCCCC[C@H](c1ccc(F)c(Br)c1)N1CCNCC1.Cl.Cl. The molecule has 1 heterocycles. The molecule has 128 valence electrons. The van der Waals surface area contributed by atoms with Crippen LogP contribution in [0.2, 0.25) is 0 Å². The summed E-state index contributed by atoms with van der Waals surface area (Å²) >= 11 is 3.31. The van der Waals surface area contributed by atoms with Gasteiger partial charge in [-0.25, -0.2) is 4.39 Å². The van der Waals surface area contributed by atoms with Gasteiger partial charge in [0.15, 0.2) is 0 Å². The van der Waals surface area contributed by atoms with Crippen LogP contribution in [0.3, 0.4) is 0 Å². The Labute approximate surface area is 154 Å². The number of unbranched alkanes of at least 4 members (excludes halogenated alkanes) is 2. The van der Waals surface area contributed by atoms with Crippen LogP contribution in [0.5, 0.6) is 0 Å². The highest BCUT2D eigenvalue weighted by Crippen LogP contribution is 2.29. The third-order valence-corrected chi connectivity index (χ3v) is 4.61. The topological polar surface area (TPSA) is 15.3 Å². The standard InChI is InChI=1S/C16H24BrFN2.2ClH/c1-2-3-4-5-16(20-10-8-19-9-11-20)13-6-7-15(18)14(17)12-13;;/h6-7,12,16,19H,2-5,8-11H2,1H3;2*1H/t16-;;/m1../s1. The molecule has 0 spiro atoms. The summed E-state index contributed by atoms with van der Waals surface area (Å²) in [5.41, 5.74) is 1.23. The Hall–Kier alpha value is 0.130. The first-order valence-electron chi connectivity index (χ1n) is 7.62. The third kappa shape index (κ3) is 6.32. The maximum absolute atomic E-state index is 13.4. The van der Waals surface area contributed by atoms with E-state index in [2.05, 4.69) is 33.1 Å². The molecular weight excluding hydrogens is 390 g/mol. The molecule has 0 aromatic heterocycles. The summed E-state index contributed by atoms with van der Waals surface area (Å²) < 4.78 is 14.0. The molecule has 0 amide bonds. The third-order valence-electron chi connectivity index (χ3n) is 4.00. The van der Waals surface area contributed by atoms with Gasteiger partial charge in [0.05, 0.1) is 4.47 Å². The minimum Gasteiger partial charge on any atom is -0.314 e. The van der Waals surface area contributed by atoms with Crippen molar-refractivity contribution in [1.29, 1.82) is 0 Å². The number of hydrogen-bond acceptors (Lipinski definition) is 2. The van der Waals surface area contributed by atoms with E-state index in [0.717, 1.165) is 32.6 Å². The summed E-state index contributed by atoms with van der Waals surface area (Å²) in [6.07, 6.45) is 4.90. The summed E-state index contributed by atoms with van der Waals surface area (Å²) in [6, 6.07) is 5.89. The molecule has 1 aromatic carbocycles. The Bertz CT molecular complexity index is 429. The van der Waals surface area contributed by atoms with Gasteiger partial charge in [-0.1, -0.05) is 32.3 Å². The van der Waals surface area contributed by atoms with Crippen molar-refractivity contribution in [3.8, 4) is 0 Å². The highest BCUT2D eigenvalue weighted by atomic mass is 79.9. The van der Waals surface area contributed by atoms with E-state index in [0.29, 0.717) is 10.5 Å². The van der Waals surface area contributed by atoms with E-state index in [1.165, 1.54) is 24.8 Å². The van der Waals surface area contributed by atoms with Crippen molar-refractivity contribution in [1.82, 2.24) is 10.2 Å². The lowest BCUT2D eigenvalue weighted by atomic mass is 9.98. The van der Waals surface area contributed by atoms with E-state index in [9.17, 15) is 4.39 Å². The van der Waals surface area contributed by atoms with Gasteiger partial charge in [-0.3, -0.25) is 4.90 Å². The molecular formula is C16H26BrCl2FN2. The average molecular weight is 416 g/mol. The van der Waals surface area contributed by atoms with Crippen molar-refractivity contribution in [3.63, 3.8) is 0 Å². The molecule has 1 aliphatic rings. The average Bonchev–Trinajstić information content (AvgIpc) is 2.48. The van der Waals surface area contributed by atoms with E-state index in [1.807, 2.05) is 12.1 Å². The first-order chi connectivity index (χ1) is 9.72. The number of nitrogens with zero attached hydrogens (tertiary/aromatic N) is 1. The first-order valence-corrected chi connectivity index (χ1v) is 8.41. The number of rotatable bonds is 6. The van der Waals surface area contributed by atoms with Gasteiger partial charge < -0.3 is 5.32 Å². The predicted octanol–water partition coefficient (Wildman–Crippen LogP) is 4.96. The molecule has 2 nitrogen and oxygen atoms in total. The molecule has 1 fully saturated rings. The quantitative estimate of drug-likeness (QED) is 0.660. The number of hydrogen-bond donors (Lipinski definition) is 1. The first kappa shape index (κ1) is 22.1. The lowest BCUT2D eigenvalue weighted by molar-refractivity contribution is 0.162. The minimum absolute atomic E-state index is 0. The Morgan fingerprint density at radius 3 is 2.50 bits per heavy atom. The fourth-order valence-corrected chi connectivity index (χ4v) is 3.26. The van der Waals surface area contributed by atoms with Crippen molar-refractivity contribution >= 4 is 40.7 Å². The van der Waals surface area contributed by atoms with Gasteiger partial charge >= 0.3 is 0 Å². The van der Waals surface area contributed by atoms with Crippen molar-refractivity contribution in [3.05, 3.63) is 34.1 Å². The fourth-order valence-electron chi connectivity index (χ4n) is 2.86. The fraction of sp³-hybridized carbons (Fsp3) is 0.625. The zero-order valence-corrected chi connectivity index (χ0v) is 16.2. The Morgan fingerprint density at radius 1 is 1.23 bits per heavy atom. The van der Waals surface area contributed by atoms with Crippen LogP contribution in [0.25, 0.3) is 0 Å². The van der Waals surface area contributed by atoms with Crippen molar-refractivity contribution in [2.45, 2.75) is 38.6 Å². The van der Waals surface area contributed by atoms with E-state index in [1.54, 1.807) is 6.07 Å². The van der Waals surface area contributed by atoms with Gasteiger partial charge in [-0.05, 0) is 40.0 Å². The summed E-state index contributed by atoms with van der Waals surface area (Å²) in [6.45, 7) is 6.48. The Morgan fingerprint density at radius 2 is 1.91 bits per heavy atom. The zero-order valence-electron chi connectivity index (χ0n) is 13.0. The highest BCUT2D eigenvalue weighted by molar-refractivity contribution is 9.10. The molecule has 0 unspecified atom stereocenters. The lowest BCUT2D eigenvalue weighted by Crippen LogP contribution is -2.45. The van der Waals surface area contributed by atoms with Gasteiger partial charge in [0, 0.05) is 32.2 Å². The minimum atomic E-state index is -0.179. The molecule has 1 N–H and O–H groups in total. The Balaban J connectivity index is 0.00000220. The molecule has 6 heteroatoms. The normalized spacial score (nSPS) is 16.5. The monoisotopic (exact) mass is 414 g/mol. The van der Waals surface area contributed by atoms with Crippen LogP contribution in [-0.2, 0) is 0 Å². The van der Waals surface area contributed by atoms with Gasteiger partial charge in [0.2, 0.25) is 0 Å². The lowest BCUT2D eigenvalue weighted by Gasteiger charge is -2.35. The van der Waals surface area contributed by atoms with E-state index >= 15 is 0 Å². The molecule has 22 heavy (non-hydrogen) atoms.